The third kappa shape index (κ3) is 5.02. The second kappa shape index (κ2) is 9.14. The maximum atomic E-state index is 11.0. The fraction of sp³-hybridized carbons (Fsp3) is 0.200. The van der Waals surface area contributed by atoms with Crippen molar-refractivity contribution < 1.29 is 24.1 Å². The van der Waals surface area contributed by atoms with E-state index in [0.717, 1.165) is 11.3 Å². The Labute approximate surface area is 151 Å². The van der Waals surface area contributed by atoms with E-state index in [2.05, 4.69) is 0 Å². The van der Waals surface area contributed by atoms with Gasteiger partial charge in [-0.2, -0.15) is 5.26 Å². The molecule has 0 aromatic heterocycles. The van der Waals surface area contributed by atoms with E-state index in [4.69, 9.17) is 24.6 Å². The molecule has 0 atom stereocenters. The highest BCUT2D eigenvalue weighted by atomic mass is 16.5. The fourth-order valence-electron chi connectivity index (χ4n) is 2.23. The van der Waals surface area contributed by atoms with E-state index in [0.29, 0.717) is 23.7 Å². The monoisotopic (exact) mass is 353 g/mol. The van der Waals surface area contributed by atoms with Crippen LogP contribution >= 0.6 is 0 Å². The predicted octanol–water partition coefficient (Wildman–Crippen LogP) is 3.45. The molecule has 0 bridgehead atoms. The highest BCUT2D eigenvalue weighted by Gasteiger charge is 2.09. The Morgan fingerprint density at radius 3 is 2.42 bits per heavy atom. The number of carboxylic acid groups (broad SMARTS) is 1. The molecular weight excluding hydrogens is 334 g/mol. The number of rotatable bonds is 8. The van der Waals surface area contributed by atoms with Crippen LogP contribution in [-0.2, 0) is 4.79 Å². The van der Waals surface area contributed by atoms with Gasteiger partial charge in [-0.3, -0.25) is 0 Å². The molecule has 6 nitrogen and oxygen atoms in total. The third-order valence-electron chi connectivity index (χ3n) is 3.54. The molecule has 0 saturated carbocycles. The van der Waals surface area contributed by atoms with Crippen LogP contribution in [0.25, 0.3) is 6.08 Å². The summed E-state index contributed by atoms with van der Waals surface area (Å²) in [5.74, 6) is 0.460. The third-order valence-corrected chi connectivity index (χ3v) is 3.54. The SMILES string of the molecule is COc1ccc(C=C(C#N)C(=O)O)cc1OCCOc1ccccc1C. The van der Waals surface area contributed by atoms with Gasteiger partial charge in [-0.25, -0.2) is 4.79 Å². The second-order valence-electron chi connectivity index (χ2n) is 5.35. The quantitative estimate of drug-likeness (QED) is 0.444. The zero-order chi connectivity index (χ0) is 18.9. The standard InChI is InChI=1S/C20H19NO5/c1-14-5-3-4-6-17(14)25-9-10-26-19-12-15(7-8-18(19)24-2)11-16(13-21)20(22)23/h3-8,11-12H,9-10H2,1-2H3,(H,22,23). The Morgan fingerprint density at radius 2 is 1.81 bits per heavy atom. The minimum absolute atomic E-state index is 0.280. The summed E-state index contributed by atoms with van der Waals surface area (Å²) in [6.45, 7) is 2.58. The molecule has 0 radical (unpaired) electrons. The fourth-order valence-corrected chi connectivity index (χ4v) is 2.23. The second-order valence-corrected chi connectivity index (χ2v) is 5.35. The van der Waals surface area contributed by atoms with E-state index in [-0.39, 0.29) is 12.2 Å². The summed E-state index contributed by atoms with van der Waals surface area (Å²) in [7, 11) is 1.51. The number of carboxylic acids is 1. The number of para-hydroxylation sites is 1. The van der Waals surface area contributed by atoms with Gasteiger partial charge >= 0.3 is 5.97 Å². The van der Waals surface area contributed by atoms with Gasteiger partial charge in [-0.05, 0) is 42.3 Å². The van der Waals surface area contributed by atoms with Crippen molar-refractivity contribution in [3.8, 4) is 23.3 Å². The first kappa shape index (κ1) is 18.9. The number of methoxy groups -OCH3 is 1. The highest BCUT2D eigenvalue weighted by Crippen LogP contribution is 2.29. The summed E-state index contributed by atoms with van der Waals surface area (Å²) < 4.78 is 16.6. The van der Waals surface area contributed by atoms with E-state index in [1.165, 1.54) is 13.2 Å². The summed E-state index contributed by atoms with van der Waals surface area (Å²) in [5.41, 5.74) is 1.21. The number of nitriles is 1. The lowest BCUT2D eigenvalue weighted by atomic mass is 10.1. The molecule has 0 aliphatic heterocycles. The summed E-state index contributed by atoms with van der Waals surface area (Å²) in [6, 6.07) is 14.3. The molecule has 6 heteroatoms. The van der Waals surface area contributed by atoms with Crippen LogP contribution < -0.4 is 14.2 Å². The van der Waals surface area contributed by atoms with Crippen LogP contribution in [0.1, 0.15) is 11.1 Å². The van der Waals surface area contributed by atoms with Crippen LogP contribution in [0.5, 0.6) is 17.2 Å². The zero-order valence-corrected chi connectivity index (χ0v) is 14.6. The average Bonchev–Trinajstić information content (AvgIpc) is 2.64. The van der Waals surface area contributed by atoms with Gasteiger partial charge in [-0.15, -0.1) is 0 Å². The van der Waals surface area contributed by atoms with Gasteiger partial charge < -0.3 is 19.3 Å². The number of benzene rings is 2. The molecular formula is C20H19NO5. The Balaban J connectivity index is 2.05. The molecule has 0 spiro atoms. The highest BCUT2D eigenvalue weighted by molar-refractivity contribution is 5.96. The Kier molecular flexibility index (Phi) is 6.63. The first-order chi connectivity index (χ1) is 12.5. The van der Waals surface area contributed by atoms with Gasteiger partial charge in [0.1, 0.15) is 30.6 Å². The van der Waals surface area contributed by atoms with E-state index < -0.39 is 5.97 Å². The van der Waals surface area contributed by atoms with Gasteiger partial charge in [0, 0.05) is 0 Å². The summed E-state index contributed by atoms with van der Waals surface area (Å²) in [5, 5.41) is 17.8. The van der Waals surface area contributed by atoms with Crippen LogP contribution in [0.2, 0.25) is 0 Å². The zero-order valence-electron chi connectivity index (χ0n) is 14.6. The lowest BCUT2D eigenvalue weighted by molar-refractivity contribution is -0.132. The first-order valence-electron chi connectivity index (χ1n) is 7.89. The summed E-state index contributed by atoms with van der Waals surface area (Å²) >= 11 is 0. The maximum absolute atomic E-state index is 11.0. The molecule has 0 aliphatic rings. The van der Waals surface area contributed by atoms with E-state index in [9.17, 15) is 4.79 Å². The molecule has 2 aromatic carbocycles. The van der Waals surface area contributed by atoms with Crippen LogP contribution in [-0.4, -0.2) is 31.4 Å². The largest absolute Gasteiger partial charge is 0.493 e. The van der Waals surface area contributed by atoms with Crippen molar-refractivity contribution in [3.05, 3.63) is 59.2 Å². The first-order valence-corrected chi connectivity index (χ1v) is 7.89. The van der Waals surface area contributed by atoms with E-state index in [1.54, 1.807) is 24.3 Å². The van der Waals surface area contributed by atoms with Crippen LogP contribution in [0.3, 0.4) is 0 Å². The van der Waals surface area contributed by atoms with Crippen molar-refractivity contribution in [3.63, 3.8) is 0 Å². The molecule has 134 valence electrons. The number of carbonyl (C=O) groups is 1. The average molecular weight is 353 g/mol. The molecule has 0 aliphatic carbocycles. The van der Waals surface area contributed by atoms with Crippen molar-refractivity contribution in [2.45, 2.75) is 6.92 Å². The number of aryl methyl sites for hydroxylation is 1. The van der Waals surface area contributed by atoms with Crippen LogP contribution in [0.15, 0.2) is 48.0 Å². The lowest BCUT2D eigenvalue weighted by Crippen LogP contribution is -2.10. The van der Waals surface area contributed by atoms with Gasteiger partial charge in [0.2, 0.25) is 0 Å². The van der Waals surface area contributed by atoms with Crippen molar-refractivity contribution in [1.82, 2.24) is 0 Å². The molecule has 0 heterocycles. The maximum Gasteiger partial charge on any atom is 0.346 e. The Morgan fingerprint density at radius 1 is 1.12 bits per heavy atom. The molecule has 1 N–H and O–H groups in total. The molecule has 26 heavy (non-hydrogen) atoms. The number of nitrogens with zero attached hydrogens (tertiary/aromatic N) is 1. The number of hydrogen-bond donors (Lipinski definition) is 1. The summed E-state index contributed by atoms with van der Waals surface area (Å²) in [4.78, 5) is 11.0. The Hall–Kier alpha value is -3.46. The molecule has 0 saturated heterocycles. The summed E-state index contributed by atoms with van der Waals surface area (Å²) in [6.07, 6.45) is 1.28. The minimum Gasteiger partial charge on any atom is -0.493 e. The molecule has 0 unspecified atom stereocenters. The number of ether oxygens (including phenoxy) is 3. The molecule has 2 rings (SSSR count). The molecule has 0 amide bonds. The van der Waals surface area contributed by atoms with Crippen molar-refractivity contribution in [1.29, 1.82) is 5.26 Å². The van der Waals surface area contributed by atoms with Crippen molar-refractivity contribution in [2.75, 3.05) is 20.3 Å². The normalized spacial score (nSPS) is 10.7. The topological polar surface area (TPSA) is 88.8 Å². The smallest absolute Gasteiger partial charge is 0.346 e. The number of hydrogen-bond acceptors (Lipinski definition) is 5. The number of aliphatic carboxylic acids is 1. The van der Waals surface area contributed by atoms with Crippen LogP contribution in [0, 0.1) is 18.3 Å². The predicted molar refractivity (Wildman–Crippen MR) is 96.4 cm³/mol. The minimum atomic E-state index is -1.28. The van der Waals surface area contributed by atoms with E-state index in [1.807, 2.05) is 31.2 Å². The van der Waals surface area contributed by atoms with Gasteiger partial charge in [-0.1, -0.05) is 24.3 Å². The molecule has 2 aromatic rings. The van der Waals surface area contributed by atoms with Gasteiger partial charge in [0.15, 0.2) is 11.5 Å². The van der Waals surface area contributed by atoms with Gasteiger partial charge in [0.25, 0.3) is 0 Å². The molecule has 0 fully saturated rings. The van der Waals surface area contributed by atoms with Gasteiger partial charge in [0.05, 0.1) is 7.11 Å². The Bertz CT molecular complexity index is 852. The van der Waals surface area contributed by atoms with Crippen LogP contribution in [0.4, 0.5) is 0 Å². The van der Waals surface area contributed by atoms with Crippen molar-refractivity contribution in [2.24, 2.45) is 0 Å². The van der Waals surface area contributed by atoms with Crippen molar-refractivity contribution >= 4 is 12.0 Å². The lowest BCUT2D eigenvalue weighted by Gasteiger charge is -2.13. The van der Waals surface area contributed by atoms with E-state index >= 15 is 0 Å².